The first-order chi connectivity index (χ1) is 7.05. The molecule has 0 fully saturated rings. The SMILES string of the molecule is CCc1cc(F)cc(P(=O)(OC)OC)c1. The lowest BCUT2D eigenvalue weighted by Gasteiger charge is -2.14. The summed E-state index contributed by atoms with van der Waals surface area (Å²) in [5.74, 6) is -0.432. The summed E-state index contributed by atoms with van der Waals surface area (Å²) in [4.78, 5) is 0. The predicted octanol–water partition coefficient (Wildman–Crippen LogP) is 2.50. The van der Waals surface area contributed by atoms with Gasteiger partial charge in [-0.3, -0.25) is 4.57 Å². The van der Waals surface area contributed by atoms with Gasteiger partial charge >= 0.3 is 7.60 Å². The van der Waals surface area contributed by atoms with Crippen LogP contribution in [0.25, 0.3) is 0 Å². The highest BCUT2D eigenvalue weighted by molar-refractivity contribution is 7.62. The summed E-state index contributed by atoms with van der Waals surface area (Å²) in [6, 6.07) is 4.21. The summed E-state index contributed by atoms with van der Waals surface area (Å²) in [5.41, 5.74) is 0.763. The molecule has 0 heterocycles. The fourth-order valence-corrected chi connectivity index (χ4v) is 2.46. The Labute approximate surface area is 88.7 Å². The van der Waals surface area contributed by atoms with Crippen molar-refractivity contribution in [2.24, 2.45) is 0 Å². The van der Waals surface area contributed by atoms with Crippen molar-refractivity contribution in [3.8, 4) is 0 Å². The number of halogens is 1. The molecule has 84 valence electrons. The molecular weight excluding hydrogens is 218 g/mol. The first-order valence-electron chi connectivity index (χ1n) is 4.57. The number of benzene rings is 1. The van der Waals surface area contributed by atoms with Crippen LogP contribution in [0.15, 0.2) is 18.2 Å². The van der Waals surface area contributed by atoms with E-state index in [-0.39, 0.29) is 5.30 Å². The molecule has 0 unspecified atom stereocenters. The highest BCUT2D eigenvalue weighted by Gasteiger charge is 2.25. The van der Waals surface area contributed by atoms with Gasteiger partial charge in [0, 0.05) is 14.2 Å². The van der Waals surface area contributed by atoms with Gasteiger partial charge in [0.15, 0.2) is 0 Å². The van der Waals surface area contributed by atoms with E-state index < -0.39 is 13.4 Å². The van der Waals surface area contributed by atoms with Gasteiger partial charge in [-0.05, 0) is 30.2 Å². The summed E-state index contributed by atoms with van der Waals surface area (Å²) in [5, 5.41) is 0.254. The van der Waals surface area contributed by atoms with Gasteiger partial charge in [0.05, 0.1) is 5.30 Å². The molecule has 0 radical (unpaired) electrons. The highest BCUT2D eigenvalue weighted by atomic mass is 31.2. The smallest absolute Gasteiger partial charge is 0.309 e. The molecule has 15 heavy (non-hydrogen) atoms. The summed E-state index contributed by atoms with van der Waals surface area (Å²) in [6.07, 6.45) is 0.665. The van der Waals surface area contributed by atoms with Crippen LogP contribution in [-0.2, 0) is 20.0 Å². The molecule has 5 heteroatoms. The molecule has 0 atom stereocenters. The maximum atomic E-state index is 13.2. The van der Waals surface area contributed by atoms with E-state index in [4.69, 9.17) is 9.05 Å². The molecule has 0 aliphatic carbocycles. The molecule has 3 nitrogen and oxygen atoms in total. The first kappa shape index (κ1) is 12.4. The molecule has 1 aromatic carbocycles. The monoisotopic (exact) mass is 232 g/mol. The van der Waals surface area contributed by atoms with Gasteiger partial charge in [-0.2, -0.15) is 0 Å². The van der Waals surface area contributed by atoms with E-state index in [0.717, 1.165) is 5.56 Å². The van der Waals surface area contributed by atoms with E-state index >= 15 is 0 Å². The molecule has 0 spiro atoms. The summed E-state index contributed by atoms with van der Waals surface area (Å²) < 4.78 is 34.7. The minimum atomic E-state index is -3.34. The molecule has 0 aromatic heterocycles. The molecule has 0 saturated carbocycles. The van der Waals surface area contributed by atoms with Gasteiger partial charge in [0.1, 0.15) is 5.82 Å². The van der Waals surface area contributed by atoms with E-state index in [2.05, 4.69) is 0 Å². The zero-order valence-electron chi connectivity index (χ0n) is 8.99. The van der Waals surface area contributed by atoms with Gasteiger partial charge in [0.25, 0.3) is 0 Å². The third-order valence-electron chi connectivity index (χ3n) is 2.15. The average molecular weight is 232 g/mol. The van der Waals surface area contributed by atoms with Crippen molar-refractivity contribution in [3.05, 3.63) is 29.6 Å². The maximum Gasteiger partial charge on any atom is 0.360 e. The van der Waals surface area contributed by atoms with Gasteiger partial charge in [-0.1, -0.05) is 6.92 Å². The molecule has 0 N–H and O–H groups in total. The van der Waals surface area contributed by atoms with E-state index in [1.165, 1.54) is 26.4 Å². The second-order valence-electron chi connectivity index (χ2n) is 3.03. The van der Waals surface area contributed by atoms with Crippen molar-refractivity contribution in [2.45, 2.75) is 13.3 Å². The van der Waals surface area contributed by atoms with Gasteiger partial charge in [-0.25, -0.2) is 4.39 Å². The van der Waals surface area contributed by atoms with Gasteiger partial charge in [0.2, 0.25) is 0 Å². The minimum Gasteiger partial charge on any atom is -0.309 e. The standard InChI is InChI=1S/C10H14FO3P/c1-4-8-5-9(11)7-10(6-8)15(12,13-2)14-3/h5-7H,4H2,1-3H3. The van der Waals surface area contributed by atoms with Crippen LogP contribution in [0.5, 0.6) is 0 Å². The second-order valence-corrected chi connectivity index (χ2v) is 5.28. The van der Waals surface area contributed by atoms with E-state index in [9.17, 15) is 8.96 Å². The molecule has 1 rings (SSSR count). The predicted molar refractivity (Wildman–Crippen MR) is 57.0 cm³/mol. The van der Waals surface area contributed by atoms with Crippen LogP contribution in [-0.4, -0.2) is 14.2 Å². The fourth-order valence-electron chi connectivity index (χ4n) is 1.28. The Hall–Kier alpha value is -0.700. The van der Waals surface area contributed by atoms with Crippen molar-refractivity contribution in [1.29, 1.82) is 0 Å². The molecule has 0 saturated heterocycles. The van der Waals surface area contributed by atoms with E-state index in [1.807, 2.05) is 6.92 Å². The van der Waals surface area contributed by atoms with Crippen LogP contribution in [0.4, 0.5) is 4.39 Å². The number of hydrogen-bond donors (Lipinski definition) is 0. The zero-order chi connectivity index (χ0) is 11.5. The lowest BCUT2D eigenvalue weighted by atomic mass is 10.2. The number of hydrogen-bond acceptors (Lipinski definition) is 3. The Kier molecular flexibility index (Phi) is 4.03. The Bertz CT molecular complexity index is 384. The quantitative estimate of drug-likeness (QED) is 0.748. The highest BCUT2D eigenvalue weighted by Crippen LogP contribution is 2.45. The summed E-state index contributed by atoms with van der Waals surface area (Å²) in [6.45, 7) is 1.89. The third-order valence-corrected chi connectivity index (χ3v) is 4.00. The second kappa shape index (κ2) is 4.88. The Balaban J connectivity index is 3.24. The third kappa shape index (κ3) is 2.65. The van der Waals surface area contributed by atoms with Crippen LogP contribution in [0, 0.1) is 5.82 Å². The lowest BCUT2D eigenvalue weighted by Crippen LogP contribution is -2.09. The van der Waals surface area contributed by atoms with Crippen LogP contribution >= 0.6 is 7.60 Å². The molecular formula is C10H14FO3P. The van der Waals surface area contributed by atoms with Crippen LogP contribution in [0.2, 0.25) is 0 Å². The number of aryl methyl sites for hydroxylation is 1. The average Bonchev–Trinajstić information content (AvgIpc) is 2.27. The van der Waals surface area contributed by atoms with Crippen molar-refractivity contribution in [2.75, 3.05) is 14.2 Å². The largest absolute Gasteiger partial charge is 0.360 e. The van der Waals surface area contributed by atoms with Crippen LogP contribution in [0.3, 0.4) is 0 Å². The lowest BCUT2D eigenvalue weighted by molar-refractivity contribution is 0.287. The normalized spacial score (nSPS) is 11.7. The minimum absolute atomic E-state index is 0.254. The Morgan fingerprint density at radius 1 is 1.27 bits per heavy atom. The first-order valence-corrected chi connectivity index (χ1v) is 6.11. The van der Waals surface area contributed by atoms with E-state index in [0.29, 0.717) is 6.42 Å². The summed E-state index contributed by atoms with van der Waals surface area (Å²) >= 11 is 0. The molecule has 0 aliphatic rings. The molecule has 0 bridgehead atoms. The Morgan fingerprint density at radius 2 is 1.87 bits per heavy atom. The molecule has 1 aromatic rings. The van der Waals surface area contributed by atoms with Gasteiger partial charge in [-0.15, -0.1) is 0 Å². The topological polar surface area (TPSA) is 35.5 Å². The van der Waals surface area contributed by atoms with Crippen molar-refractivity contribution in [1.82, 2.24) is 0 Å². The zero-order valence-corrected chi connectivity index (χ0v) is 9.88. The Morgan fingerprint density at radius 3 is 2.33 bits per heavy atom. The summed E-state index contributed by atoms with van der Waals surface area (Å²) in [7, 11) is -0.783. The van der Waals surface area contributed by atoms with Crippen LogP contribution in [0.1, 0.15) is 12.5 Å². The molecule has 0 amide bonds. The van der Waals surface area contributed by atoms with Crippen molar-refractivity contribution < 1.29 is 18.0 Å². The van der Waals surface area contributed by atoms with Crippen molar-refractivity contribution in [3.63, 3.8) is 0 Å². The van der Waals surface area contributed by atoms with Crippen molar-refractivity contribution >= 4 is 12.9 Å². The maximum absolute atomic E-state index is 13.2. The van der Waals surface area contributed by atoms with Crippen LogP contribution < -0.4 is 5.30 Å². The number of rotatable bonds is 4. The van der Waals surface area contributed by atoms with E-state index in [1.54, 1.807) is 6.07 Å². The molecule has 0 aliphatic heterocycles. The fraction of sp³-hybridized carbons (Fsp3) is 0.400. The van der Waals surface area contributed by atoms with Gasteiger partial charge < -0.3 is 9.05 Å².